The largest absolute Gasteiger partial charge is 0.504 e. The zero-order valence-corrected chi connectivity index (χ0v) is 3.90. The van der Waals surface area contributed by atoms with Crippen molar-refractivity contribution in [3.63, 3.8) is 0 Å². The molecular formula is C3H4O2S. The van der Waals surface area contributed by atoms with Crippen LogP contribution in [0.2, 0.25) is 0 Å². The summed E-state index contributed by atoms with van der Waals surface area (Å²) in [5.74, 6) is -0.515. The van der Waals surface area contributed by atoms with E-state index in [1.807, 2.05) is 0 Å². The van der Waals surface area contributed by atoms with Gasteiger partial charge in [-0.15, -0.1) is 0 Å². The molecule has 0 aromatic rings. The molecule has 0 bridgehead atoms. The van der Waals surface area contributed by atoms with Gasteiger partial charge in [-0.1, -0.05) is 19.2 Å². The molecule has 0 radical (unpaired) electrons. The first-order valence-corrected chi connectivity index (χ1v) is 1.70. The Morgan fingerprint density at radius 1 is 1.83 bits per heavy atom. The fraction of sp³-hybridized carbons (Fsp3) is 0. The van der Waals surface area contributed by atoms with E-state index in [4.69, 9.17) is 5.11 Å². The molecule has 3 heteroatoms. The first kappa shape index (κ1) is 5.56. The number of thiol groups is 1. The van der Waals surface area contributed by atoms with Crippen molar-refractivity contribution in [2.24, 2.45) is 0 Å². The summed E-state index contributed by atoms with van der Waals surface area (Å²) in [5, 5.41) is 7.32. The SMILES string of the molecule is C=C(O)C(=O)S. The number of aliphatic hydroxyl groups excluding tert-OH is 1. The van der Waals surface area contributed by atoms with Crippen LogP contribution in [0, 0.1) is 0 Å². The third-order valence-electron chi connectivity index (χ3n) is 0.247. The molecule has 0 atom stereocenters. The lowest BCUT2D eigenvalue weighted by Crippen LogP contribution is -1.86. The third-order valence-corrected chi connectivity index (χ3v) is 0.505. The maximum atomic E-state index is 9.66. The van der Waals surface area contributed by atoms with Crippen LogP contribution in [0.5, 0.6) is 0 Å². The summed E-state index contributed by atoms with van der Waals surface area (Å²) in [5.41, 5.74) is 0. The molecule has 1 N–H and O–H groups in total. The molecule has 0 aliphatic carbocycles. The van der Waals surface area contributed by atoms with E-state index in [9.17, 15) is 4.79 Å². The number of carbonyl (C=O) groups is 1. The second kappa shape index (κ2) is 1.87. The maximum absolute atomic E-state index is 9.66. The lowest BCUT2D eigenvalue weighted by atomic mass is 10.6. The van der Waals surface area contributed by atoms with Crippen molar-refractivity contribution in [1.82, 2.24) is 0 Å². The first-order valence-electron chi connectivity index (χ1n) is 1.25. The highest BCUT2D eigenvalue weighted by Gasteiger charge is 1.91. The minimum absolute atomic E-state index is 0.515. The molecule has 0 spiro atoms. The van der Waals surface area contributed by atoms with Crippen LogP contribution in [0.1, 0.15) is 0 Å². The maximum Gasteiger partial charge on any atom is 0.250 e. The monoisotopic (exact) mass is 104 g/mol. The summed E-state index contributed by atoms with van der Waals surface area (Å²) >= 11 is 3.20. The molecule has 0 amide bonds. The molecule has 0 aliphatic heterocycles. The molecule has 0 heterocycles. The van der Waals surface area contributed by atoms with Crippen LogP contribution in [0.3, 0.4) is 0 Å². The van der Waals surface area contributed by atoms with E-state index in [0.29, 0.717) is 0 Å². The smallest absolute Gasteiger partial charge is 0.250 e. The number of hydrogen-bond acceptors (Lipinski definition) is 2. The average molecular weight is 104 g/mol. The Morgan fingerprint density at radius 2 is 2.00 bits per heavy atom. The molecule has 34 valence electrons. The van der Waals surface area contributed by atoms with Gasteiger partial charge in [0.1, 0.15) is 0 Å². The quantitative estimate of drug-likeness (QED) is 0.289. The van der Waals surface area contributed by atoms with Crippen molar-refractivity contribution in [1.29, 1.82) is 0 Å². The molecule has 0 aromatic carbocycles. The molecule has 0 unspecified atom stereocenters. The van der Waals surface area contributed by atoms with Crippen molar-refractivity contribution in [2.45, 2.75) is 0 Å². The Hall–Kier alpha value is -0.440. The standard InChI is InChI=1S/C3H4O2S/c1-2(4)3(5)6/h4H,1H2,(H,5,6). The molecule has 0 aliphatic rings. The van der Waals surface area contributed by atoms with Gasteiger partial charge in [-0.2, -0.15) is 0 Å². The number of aliphatic hydroxyl groups is 1. The first-order chi connectivity index (χ1) is 2.64. The van der Waals surface area contributed by atoms with Gasteiger partial charge < -0.3 is 5.11 Å². The summed E-state index contributed by atoms with van der Waals surface area (Å²) < 4.78 is 0. The van der Waals surface area contributed by atoms with Crippen LogP contribution < -0.4 is 0 Å². The van der Waals surface area contributed by atoms with Gasteiger partial charge in [-0.3, -0.25) is 4.79 Å². The van der Waals surface area contributed by atoms with E-state index in [2.05, 4.69) is 19.2 Å². The second-order valence-electron chi connectivity index (χ2n) is 0.752. The second-order valence-corrected chi connectivity index (χ2v) is 1.16. The minimum Gasteiger partial charge on any atom is -0.504 e. The molecule has 2 nitrogen and oxygen atoms in total. The molecule has 6 heavy (non-hydrogen) atoms. The van der Waals surface area contributed by atoms with Crippen LogP contribution in [0.4, 0.5) is 0 Å². The van der Waals surface area contributed by atoms with E-state index >= 15 is 0 Å². The predicted molar refractivity (Wildman–Crippen MR) is 25.8 cm³/mol. The van der Waals surface area contributed by atoms with Crippen molar-refractivity contribution in [3.8, 4) is 0 Å². The highest BCUT2D eigenvalue weighted by atomic mass is 32.1. The van der Waals surface area contributed by atoms with Gasteiger partial charge in [0.15, 0.2) is 5.76 Å². The fourth-order valence-corrected chi connectivity index (χ4v) is 0. The van der Waals surface area contributed by atoms with Gasteiger partial charge in [0.05, 0.1) is 0 Å². The van der Waals surface area contributed by atoms with Gasteiger partial charge in [0, 0.05) is 0 Å². The van der Waals surface area contributed by atoms with Crippen LogP contribution >= 0.6 is 12.6 Å². The normalized spacial score (nSPS) is 7.50. The summed E-state index contributed by atoms with van der Waals surface area (Å²) in [7, 11) is 0. The average Bonchev–Trinajstić information content (AvgIpc) is 1.36. The lowest BCUT2D eigenvalue weighted by molar-refractivity contribution is -0.109. The predicted octanol–water partition coefficient (Wildman–Crippen LogP) is 0.514. The van der Waals surface area contributed by atoms with E-state index in [1.54, 1.807) is 0 Å². The van der Waals surface area contributed by atoms with Crippen LogP contribution in [0.15, 0.2) is 12.3 Å². The summed E-state index contributed by atoms with van der Waals surface area (Å²) in [4.78, 5) is 9.66. The Labute approximate surface area is 40.9 Å². The lowest BCUT2D eigenvalue weighted by Gasteiger charge is -1.79. The Bertz CT molecular complexity index is 74.8. The Morgan fingerprint density at radius 3 is 2.00 bits per heavy atom. The van der Waals surface area contributed by atoms with Gasteiger partial charge in [0.25, 0.3) is 0 Å². The highest BCUT2D eigenvalue weighted by Crippen LogP contribution is 1.86. The molecule has 0 saturated heterocycles. The van der Waals surface area contributed by atoms with Gasteiger partial charge in [-0.25, -0.2) is 0 Å². The van der Waals surface area contributed by atoms with Gasteiger partial charge >= 0.3 is 0 Å². The Balaban J connectivity index is 3.57. The van der Waals surface area contributed by atoms with Crippen LogP contribution in [0.25, 0.3) is 0 Å². The summed E-state index contributed by atoms with van der Waals surface area (Å²) in [6.45, 7) is 2.88. The van der Waals surface area contributed by atoms with Crippen molar-refractivity contribution < 1.29 is 9.90 Å². The molecular weight excluding hydrogens is 100 g/mol. The molecule has 0 rings (SSSR count). The fourth-order valence-electron chi connectivity index (χ4n) is 0. The zero-order valence-electron chi connectivity index (χ0n) is 3.01. The van der Waals surface area contributed by atoms with Crippen LogP contribution in [-0.4, -0.2) is 10.2 Å². The van der Waals surface area contributed by atoms with Crippen molar-refractivity contribution >= 4 is 17.7 Å². The molecule has 0 fully saturated rings. The highest BCUT2D eigenvalue weighted by molar-refractivity contribution is 7.97. The summed E-state index contributed by atoms with van der Waals surface area (Å²) in [6, 6.07) is 0. The number of hydrogen-bond donors (Lipinski definition) is 2. The topological polar surface area (TPSA) is 37.3 Å². The van der Waals surface area contributed by atoms with Gasteiger partial charge in [0.2, 0.25) is 5.12 Å². The Kier molecular flexibility index (Phi) is 1.73. The van der Waals surface area contributed by atoms with E-state index in [1.165, 1.54) is 0 Å². The molecule has 0 aromatic heterocycles. The van der Waals surface area contributed by atoms with Crippen molar-refractivity contribution in [3.05, 3.63) is 12.3 Å². The molecule has 0 saturated carbocycles. The number of carbonyl (C=O) groups excluding carboxylic acids is 1. The minimum atomic E-state index is -0.685. The van der Waals surface area contributed by atoms with Gasteiger partial charge in [-0.05, 0) is 0 Å². The summed E-state index contributed by atoms with van der Waals surface area (Å²) in [6.07, 6.45) is 0. The van der Waals surface area contributed by atoms with Crippen molar-refractivity contribution in [2.75, 3.05) is 0 Å². The number of rotatable bonds is 1. The van der Waals surface area contributed by atoms with E-state index in [0.717, 1.165) is 0 Å². The van der Waals surface area contributed by atoms with E-state index < -0.39 is 10.9 Å². The van der Waals surface area contributed by atoms with Crippen LogP contribution in [-0.2, 0) is 4.79 Å². The zero-order chi connectivity index (χ0) is 5.15. The third kappa shape index (κ3) is 1.84. The van der Waals surface area contributed by atoms with E-state index in [-0.39, 0.29) is 0 Å².